The highest BCUT2D eigenvalue weighted by molar-refractivity contribution is 8.00. The van der Waals surface area contributed by atoms with Crippen LogP contribution in [0.4, 0.5) is 0 Å². The predicted octanol–water partition coefficient (Wildman–Crippen LogP) is 4.70. The first-order chi connectivity index (χ1) is 14.0. The summed E-state index contributed by atoms with van der Waals surface area (Å²) in [5.74, 6) is 0.432. The molecule has 5 nitrogen and oxygen atoms in total. The van der Waals surface area contributed by atoms with Crippen LogP contribution in [0.5, 0.6) is 0 Å². The molecule has 1 fully saturated rings. The van der Waals surface area contributed by atoms with E-state index in [-0.39, 0.29) is 22.8 Å². The maximum atomic E-state index is 13.7. The van der Waals surface area contributed by atoms with Gasteiger partial charge in [0.25, 0.3) is 5.56 Å². The lowest BCUT2D eigenvalue weighted by molar-refractivity contribution is -0.120. The number of aryl methyl sites for hydroxylation is 2. The Hall–Kier alpha value is -1.34. The van der Waals surface area contributed by atoms with E-state index in [1.165, 1.54) is 28.6 Å². The number of carbonyl (C=O) groups is 1. The van der Waals surface area contributed by atoms with Crippen molar-refractivity contribution in [3.05, 3.63) is 20.8 Å². The van der Waals surface area contributed by atoms with Gasteiger partial charge in [0, 0.05) is 17.5 Å². The molecular formula is C22H31N3O2S2. The molecule has 0 bridgehead atoms. The third-order valence-electron chi connectivity index (χ3n) is 6.01. The molecule has 29 heavy (non-hydrogen) atoms. The van der Waals surface area contributed by atoms with Crippen molar-refractivity contribution >= 4 is 39.2 Å². The molecule has 0 aliphatic heterocycles. The molecule has 7 heteroatoms. The molecule has 2 aromatic heterocycles. The summed E-state index contributed by atoms with van der Waals surface area (Å²) in [5.41, 5.74) is 1.37. The van der Waals surface area contributed by atoms with Crippen LogP contribution in [0.1, 0.15) is 75.8 Å². The number of thiophene rings is 1. The maximum Gasteiger partial charge on any atom is 0.263 e. The highest BCUT2D eigenvalue weighted by Gasteiger charge is 2.28. The van der Waals surface area contributed by atoms with Gasteiger partial charge in [0.2, 0.25) is 5.91 Å². The monoisotopic (exact) mass is 433 g/mol. The van der Waals surface area contributed by atoms with Gasteiger partial charge < -0.3 is 5.32 Å². The van der Waals surface area contributed by atoms with Crippen molar-refractivity contribution in [2.24, 2.45) is 5.92 Å². The van der Waals surface area contributed by atoms with Gasteiger partial charge in [-0.05, 0) is 56.9 Å². The van der Waals surface area contributed by atoms with Crippen molar-refractivity contribution in [1.29, 1.82) is 0 Å². The smallest absolute Gasteiger partial charge is 0.263 e. The Morgan fingerprint density at radius 1 is 1.21 bits per heavy atom. The molecule has 1 saturated carbocycles. The number of carbonyl (C=O) groups excluding carboxylic acids is 1. The van der Waals surface area contributed by atoms with Gasteiger partial charge in [-0.1, -0.05) is 38.5 Å². The minimum atomic E-state index is -0.277. The Bertz CT molecular complexity index is 957. The van der Waals surface area contributed by atoms with Crippen molar-refractivity contribution in [3.8, 4) is 0 Å². The molecule has 0 aromatic carbocycles. The van der Waals surface area contributed by atoms with Gasteiger partial charge in [0.15, 0.2) is 5.16 Å². The van der Waals surface area contributed by atoms with Crippen molar-refractivity contribution in [2.75, 3.05) is 6.54 Å². The molecule has 0 spiro atoms. The lowest BCUT2D eigenvalue weighted by Crippen LogP contribution is -2.34. The summed E-state index contributed by atoms with van der Waals surface area (Å²) in [4.78, 5) is 33.4. The Morgan fingerprint density at radius 3 is 2.66 bits per heavy atom. The molecule has 0 saturated heterocycles. The summed E-state index contributed by atoms with van der Waals surface area (Å²) in [6.45, 7) is 6.76. The van der Waals surface area contributed by atoms with E-state index in [0.717, 1.165) is 60.3 Å². The molecule has 1 amide bonds. The molecule has 2 aromatic rings. The SMILES string of the molecule is CC(C)CNC(=O)C(C)Sc1nc2sc3c(c2c(=O)n1C1CCCC1)CCCC3. The number of nitrogens with one attached hydrogen (secondary N) is 1. The fourth-order valence-electron chi connectivity index (χ4n) is 4.43. The molecule has 1 atom stereocenters. The summed E-state index contributed by atoms with van der Waals surface area (Å²) in [7, 11) is 0. The average molecular weight is 434 g/mol. The van der Waals surface area contributed by atoms with Crippen molar-refractivity contribution in [3.63, 3.8) is 0 Å². The lowest BCUT2D eigenvalue weighted by Gasteiger charge is -2.20. The average Bonchev–Trinajstić information content (AvgIpc) is 3.33. The quantitative estimate of drug-likeness (QED) is 0.529. The highest BCUT2D eigenvalue weighted by atomic mass is 32.2. The molecule has 0 radical (unpaired) electrons. The normalized spacial score (nSPS) is 18.3. The number of rotatable bonds is 6. The number of amides is 1. The van der Waals surface area contributed by atoms with Gasteiger partial charge in [0.1, 0.15) is 4.83 Å². The van der Waals surface area contributed by atoms with Crippen LogP contribution >= 0.6 is 23.1 Å². The summed E-state index contributed by atoms with van der Waals surface area (Å²) in [5, 5.41) is 4.31. The zero-order chi connectivity index (χ0) is 20.5. The van der Waals surface area contributed by atoms with E-state index in [1.807, 2.05) is 11.5 Å². The minimum absolute atomic E-state index is 0.0153. The zero-order valence-corrected chi connectivity index (χ0v) is 19.3. The number of hydrogen-bond acceptors (Lipinski definition) is 5. The van der Waals surface area contributed by atoms with Crippen LogP contribution in [0.2, 0.25) is 0 Å². The molecule has 2 heterocycles. The van der Waals surface area contributed by atoms with Crippen LogP contribution < -0.4 is 10.9 Å². The van der Waals surface area contributed by atoms with E-state index >= 15 is 0 Å². The summed E-state index contributed by atoms with van der Waals surface area (Å²) >= 11 is 3.13. The maximum absolute atomic E-state index is 13.7. The first kappa shape index (κ1) is 20.9. The van der Waals surface area contributed by atoms with Crippen LogP contribution in [-0.4, -0.2) is 27.3 Å². The molecule has 2 aliphatic rings. The van der Waals surface area contributed by atoms with Crippen LogP contribution in [0, 0.1) is 5.92 Å². The van der Waals surface area contributed by atoms with Gasteiger partial charge >= 0.3 is 0 Å². The number of fused-ring (bicyclic) bond motifs is 3. The Balaban J connectivity index is 1.73. The zero-order valence-electron chi connectivity index (χ0n) is 17.6. The second-order valence-electron chi connectivity index (χ2n) is 8.80. The van der Waals surface area contributed by atoms with Gasteiger partial charge in [-0.2, -0.15) is 0 Å². The Labute approximate surface area is 180 Å². The molecule has 4 rings (SSSR count). The summed E-state index contributed by atoms with van der Waals surface area (Å²) < 4.78 is 1.94. The molecule has 1 N–H and O–H groups in total. The highest BCUT2D eigenvalue weighted by Crippen LogP contribution is 2.38. The molecular weight excluding hydrogens is 402 g/mol. The van der Waals surface area contributed by atoms with Gasteiger partial charge in [-0.25, -0.2) is 4.98 Å². The van der Waals surface area contributed by atoms with E-state index in [4.69, 9.17) is 4.98 Å². The van der Waals surface area contributed by atoms with E-state index in [0.29, 0.717) is 12.5 Å². The first-order valence-electron chi connectivity index (χ1n) is 11.0. The number of hydrogen-bond donors (Lipinski definition) is 1. The van der Waals surface area contributed by atoms with E-state index in [1.54, 1.807) is 11.3 Å². The number of aromatic nitrogens is 2. The van der Waals surface area contributed by atoms with Gasteiger partial charge in [-0.15, -0.1) is 11.3 Å². The van der Waals surface area contributed by atoms with Crippen LogP contribution in [0.25, 0.3) is 10.2 Å². The molecule has 1 unspecified atom stereocenters. The minimum Gasteiger partial charge on any atom is -0.355 e. The van der Waals surface area contributed by atoms with Crippen LogP contribution in [-0.2, 0) is 17.6 Å². The second kappa shape index (κ2) is 8.80. The largest absolute Gasteiger partial charge is 0.355 e. The molecule has 158 valence electrons. The third kappa shape index (κ3) is 4.26. The predicted molar refractivity (Wildman–Crippen MR) is 121 cm³/mol. The van der Waals surface area contributed by atoms with E-state index in [2.05, 4.69) is 19.2 Å². The van der Waals surface area contributed by atoms with Gasteiger partial charge in [0.05, 0.1) is 10.6 Å². The standard InChI is InChI=1S/C22H31N3O2S2/c1-13(2)12-23-19(26)14(3)28-22-24-20-18(16-10-6-7-11-17(16)29-20)21(27)25(22)15-8-4-5-9-15/h13-15H,4-12H2,1-3H3,(H,23,26). The summed E-state index contributed by atoms with van der Waals surface area (Å²) in [6.07, 6.45) is 8.79. The third-order valence-corrected chi connectivity index (χ3v) is 8.27. The first-order valence-corrected chi connectivity index (χ1v) is 12.7. The Morgan fingerprint density at radius 2 is 1.93 bits per heavy atom. The summed E-state index contributed by atoms with van der Waals surface area (Å²) in [6, 6.07) is 0.215. The number of thioether (sulfide) groups is 1. The van der Waals surface area contributed by atoms with Crippen molar-refractivity contribution < 1.29 is 4.79 Å². The van der Waals surface area contributed by atoms with Crippen molar-refractivity contribution in [1.82, 2.24) is 14.9 Å². The number of nitrogens with zero attached hydrogens (tertiary/aromatic N) is 2. The lowest BCUT2D eigenvalue weighted by atomic mass is 9.97. The van der Waals surface area contributed by atoms with Crippen LogP contribution in [0.15, 0.2) is 9.95 Å². The van der Waals surface area contributed by atoms with Crippen molar-refractivity contribution in [2.45, 2.75) is 88.6 Å². The second-order valence-corrected chi connectivity index (χ2v) is 11.2. The van der Waals surface area contributed by atoms with Gasteiger partial charge in [-0.3, -0.25) is 14.2 Å². The topological polar surface area (TPSA) is 64.0 Å². The molecule has 2 aliphatic carbocycles. The van der Waals surface area contributed by atoms with E-state index < -0.39 is 0 Å². The van der Waals surface area contributed by atoms with Crippen LogP contribution in [0.3, 0.4) is 0 Å². The fraction of sp³-hybridized carbons (Fsp3) is 0.682. The fourth-order valence-corrected chi connectivity index (χ4v) is 6.73. The Kier molecular flexibility index (Phi) is 6.35. The van der Waals surface area contributed by atoms with E-state index in [9.17, 15) is 9.59 Å².